The van der Waals surface area contributed by atoms with Crippen LogP contribution in [0, 0.1) is 29.1 Å². The Hall–Kier alpha value is -0.0400. The molecule has 0 spiro atoms. The highest BCUT2D eigenvalue weighted by Crippen LogP contribution is 2.54. The summed E-state index contributed by atoms with van der Waals surface area (Å²) in [5.74, 6) is 4.17. The molecule has 0 heterocycles. The highest BCUT2D eigenvalue weighted by molar-refractivity contribution is 5.03. The van der Waals surface area contributed by atoms with Gasteiger partial charge < -0.3 is 5.32 Å². The Labute approximate surface area is 119 Å². The van der Waals surface area contributed by atoms with Gasteiger partial charge >= 0.3 is 0 Å². The fraction of sp³-hybridized carbons (Fsp3) is 1.00. The predicted molar refractivity (Wildman–Crippen MR) is 82.1 cm³/mol. The van der Waals surface area contributed by atoms with Gasteiger partial charge in [-0.2, -0.15) is 0 Å². The standard InChI is InChI=1S/C18H33N/c1-17(2,3)11-18(4,5)19-16-14-7-12-6-13(9-14)10-15(16)8-12/h12-16,19H,6-11H2,1-5H3. The monoisotopic (exact) mass is 263 g/mol. The molecule has 0 atom stereocenters. The van der Waals surface area contributed by atoms with Crippen molar-refractivity contribution in [2.75, 3.05) is 0 Å². The van der Waals surface area contributed by atoms with Crippen LogP contribution in [-0.2, 0) is 0 Å². The van der Waals surface area contributed by atoms with E-state index >= 15 is 0 Å². The summed E-state index contributed by atoms with van der Waals surface area (Å²) in [6.45, 7) is 11.9. The van der Waals surface area contributed by atoms with E-state index in [9.17, 15) is 0 Å². The molecule has 110 valence electrons. The molecule has 1 heteroatoms. The van der Waals surface area contributed by atoms with Crippen LogP contribution in [0.4, 0.5) is 0 Å². The van der Waals surface area contributed by atoms with Crippen LogP contribution in [0.3, 0.4) is 0 Å². The lowest BCUT2D eigenvalue weighted by Crippen LogP contribution is -2.60. The summed E-state index contributed by atoms with van der Waals surface area (Å²) >= 11 is 0. The zero-order valence-electron chi connectivity index (χ0n) is 13.6. The topological polar surface area (TPSA) is 12.0 Å². The van der Waals surface area contributed by atoms with Gasteiger partial charge in [0.1, 0.15) is 0 Å². The molecule has 0 aromatic rings. The van der Waals surface area contributed by atoms with Crippen molar-refractivity contribution in [1.29, 1.82) is 0 Å². The van der Waals surface area contributed by atoms with Crippen molar-refractivity contribution in [3.8, 4) is 0 Å². The molecule has 4 rings (SSSR count). The Bertz CT molecular complexity index is 308. The molecule has 4 saturated carbocycles. The maximum absolute atomic E-state index is 4.09. The van der Waals surface area contributed by atoms with Crippen molar-refractivity contribution in [3.05, 3.63) is 0 Å². The molecule has 1 N–H and O–H groups in total. The van der Waals surface area contributed by atoms with E-state index in [0.717, 1.165) is 29.7 Å². The molecule has 1 nitrogen and oxygen atoms in total. The van der Waals surface area contributed by atoms with Crippen molar-refractivity contribution in [3.63, 3.8) is 0 Å². The van der Waals surface area contributed by atoms with Crippen molar-refractivity contribution in [1.82, 2.24) is 5.32 Å². The number of hydrogen-bond donors (Lipinski definition) is 1. The van der Waals surface area contributed by atoms with Gasteiger partial charge in [0, 0.05) is 11.6 Å². The molecule has 4 fully saturated rings. The highest BCUT2D eigenvalue weighted by atomic mass is 15.0. The molecular weight excluding hydrogens is 230 g/mol. The van der Waals surface area contributed by atoms with Gasteiger partial charge in [0.2, 0.25) is 0 Å². The SMILES string of the molecule is CC(C)(C)CC(C)(C)NC1C2CC3CC(C2)CC1C3. The van der Waals surface area contributed by atoms with Crippen molar-refractivity contribution in [2.24, 2.45) is 29.1 Å². The van der Waals surface area contributed by atoms with Crippen LogP contribution in [0.15, 0.2) is 0 Å². The van der Waals surface area contributed by atoms with Crippen LogP contribution in [0.25, 0.3) is 0 Å². The quantitative estimate of drug-likeness (QED) is 0.783. The van der Waals surface area contributed by atoms with Crippen LogP contribution >= 0.6 is 0 Å². The third-order valence-electron chi connectivity index (χ3n) is 5.76. The molecule has 19 heavy (non-hydrogen) atoms. The normalized spacial score (nSPS) is 41.8. The summed E-state index contributed by atoms with van der Waals surface area (Å²) in [6, 6.07) is 0.824. The Morgan fingerprint density at radius 1 is 0.789 bits per heavy atom. The molecule has 0 unspecified atom stereocenters. The second kappa shape index (κ2) is 4.48. The Morgan fingerprint density at radius 2 is 1.26 bits per heavy atom. The van der Waals surface area contributed by atoms with Crippen molar-refractivity contribution < 1.29 is 0 Å². The lowest BCUT2D eigenvalue weighted by molar-refractivity contribution is -0.0258. The van der Waals surface area contributed by atoms with Crippen LogP contribution < -0.4 is 5.32 Å². The van der Waals surface area contributed by atoms with Gasteiger partial charge in [-0.1, -0.05) is 20.8 Å². The Balaban J connectivity index is 1.66. The molecule has 0 aliphatic heterocycles. The lowest BCUT2D eigenvalue weighted by atomic mass is 9.54. The first-order valence-corrected chi connectivity index (χ1v) is 8.49. The summed E-state index contributed by atoms with van der Waals surface area (Å²) in [6.07, 6.45) is 8.92. The molecular formula is C18H33N. The van der Waals surface area contributed by atoms with E-state index in [1.165, 1.54) is 32.1 Å². The van der Waals surface area contributed by atoms with Crippen molar-refractivity contribution in [2.45, 2.75) is 84.7 Å². The Morgan fingerprint density at radius 3 is 1.68 bits per heavy atom. The fourth-order valence-corrected chi connectivity index (χ4v) is 5.99. The molecule has 0 aromatic carbocycles. The number of nitrogens with one attached hydrogen (secondary N) is 1. The van der Waals surface area contributed by atoms with Gasteiger partial charge in [-0.15, -0.1) is 0 Å². The second-order valence-electron chi connectivity index (χ2n) is 9.72. The van der Waals surface area contributed by atoms with E-state index in [4.69, 9.17) is 0 Å². The molecule has 0 aromatic heterocycles. The largest absolute Gasteiger partial charge is 0.308 e. The Kier molecular flexibility index (Phi) is 3.28. The lowest BCUT2D eigenvalue weighted by Gasteiger charge is -2.56. The maximum atomic E-state index is 4.09. The van der Waals surface area contributed by atoms with E-state index < -0.39 is 0 Å². The van der Waals surface area contributed by atoms with E-state index in [1.54, 1.807) is 6.42 Å². The first-order chi connectivity index (χ1) is 8.72. The zero-order chi connectivity index (χ0) is 13.8. The smallest absolute Gasteiger partial charge is 0.0132 e. The number of hydrogen-bond acceptors (Lipinski definition) is 1. The number of rotatable bonds is 3. The van der Waals surface area contributed by atoms with Gasteiger partial charge in [-0.3, -0.25) is 0 Å². The van der Waals surface area contributed by atoms with Crippen LogP contribution in [0.2, 0.25) is 0 Å². The fourth-order valence-electron chi connectivity index (χ4n) is 5.99. The van der Waals surface area contributed by atoms with Gasteiger partial charge in [-0.05, 0) is 81.5 Å². The van der Waals surface area contributed by atoms with Crippen LogP contribution in [-0.4, -0.2) is 11.6 Å². The molecule has 4 bridgehead atoms. The molecule has 0 radical (unpaired) electrons. The third kappa shape index (κ3) is 3.01. The van der Waals surface area contributed by atoms with Gasteiger partial charge in [0.25, 0.3) is 0 Å². The minimum atomic E-state index is 0.290. The molecule has 0 amide bonds. The summed E-state index contributed by atoms with van der Waals surface area (Å²) in [5.41, 5.74) is 0.709. The minimum absolute atomic E-state index is 0.290. The molecule has 4 aliphatic carbocycles. The van der Waals surface area contributed by atoms with Gasteiger partial charge in [0.15, 0.2) is 0 Å². The average molecular weight is 263 g/mol. The van der Waals surface area contributed by atoms with E-state index in [0.29, 0.717) is 5.41 Å². The summed E-state index contributed by atoms with van der Waals surface area (Å²) in [5, 5.41) is 4.09. The average Bonchev–Trinajstić information content (AvgIpc) is 2.18. The van der Waals surface area contributed by atoms with E-state index in [-0.39, 0.29) is 5.54 Å². The summed E-state index contributed by atoms with van der Waals surface area (Å²) in [7, 11) is 0. The highest BCUT2D eigenvalue weighted by Gasteiger charge is 2.49. The second-order valence-corrected chi connectivity index (χ2v) is 9.72. The first kappa shape index (κ1) is 13.9. The van der Waals surface area contributed by atoms with Crippen LogP contribution in [0.5, 0.6) is 0 Å². The van der Waals surface area contributed by atoms with Crippen molar-refractivity contribution >= 4 is 0 Å². The van der Waals surface area contributed by atoms with Crippen LogP contribution in [0.1, 0.15) is 73.1 Å². The summed E-state index contributed by atoms with van der Waals surface area (Å²) in [4.78, 5) is 0. The predicted octanol–water partition coefficient (Wildman–Crippen LogP) is 4.62. The van der Waals surface area contributed by atoms with Gasteiger partial charge in [-0.25, -0.2) is 0 Å². The first-order valence-electron chi connectivity index (χ1n) is 8.49. The maximum Gasteiger partial charge on any atom is 0.0132 e. The van der Waals surface area contributed by atoms with Gasteiger partial charge in [0.05, 0.1) is 0 Å². The van der Waals surface area contributed by atoms with E-state index in [1.807, 2.05) is 0 Å². The third-order valence-corrected chi connectivity index (χ3v) is 5.76. The summed E-state index contributed by atoms with van der Waals surface area (Å²) < 4.78 is 0. The minimum Gasteiger partial charge on any atom is -0.308 e. The molecule has 4 aliphatic rings. The van der Waals surface area contributed by atoms with E-state index in [2.05, 4.69) is 39.9 Å². The zero-order valence-corrected chi connectivity index (χ0v) is 13.6. The molecule has 0 saturated heterocycles.